The molecule has 1 atom stereocenters. The first-order chi connectivity index (χ1) is 17.1. The zero-order valence-electron chi connectivity index (χ0n) is 19.7. The van der Waals surface area contributed by atoms with Crippen molar-refractivity contribution in [1.29, 1.82) is 5.26 Å². The number of benzene rings is 2. The molecule has 11 heteroatoms. The fourth-order valence-corrected chi connectivity index (χ4v) is 3.89. The van der Waals surface area contributed by atoms with Gasteiger partial charge in [-0.25, -0.2) is 4.98 Å². The molecule has 2 heterocycles. The minimum atomic E-state index is -1.86. The number of oxazole rings is 1. The van der Waals surface area contributed by atoms with E-state index in [4.69, 9.17) is 46.9 Å². The van der Waals surface area contributed by atoms with Gasteiger partial charge in [0.2, 0.25) is 5.71 Å². The van der Waals surface area contributed by atoms with Crippen molar-refractivity contribution in [3.63, 3.8) is 0 Å². The molecular formula is C25H23Cl2N4O4S-. The summed E-state index contributed by atoms with van der Waals surface area (Å²) in [7, 11) is 0. The van der Waals surface area contributed by atoms with Gasteiger partial charge in [-0.15, -0.1) is 11.6 Å². The van der Waals surface area contributed by atoms with E-state index in [2.05, 4.69) is 29.9 Å². The number of alkyl halides is 1. The van der Waals surface area contributed by atoms with E-state index in [1.54, 1.807) is 0 Å². The Morgan fingerprint density at radius 1 is 1.17 bits per heavy atom. The molecule has 0 fully saturated rings. The maximum absolute atomic E-state index is 9.59. The molecule has 0 radical (unpaired) electrons. The highest BCUT2D eigenvalue weighted by molar-refractivity contribution is 7.78. The van der Waals surface area contributed by atoms with E-state index in [9.17, 15) is 5.26 Å². The lowest BCUT2D eigenvalue weighted by Crippen LogP contribution is -2.19. The molecule has 0 aliphatic carbocycles. The van der Waals surface area contributed by atoms with Crippen LogP contribution in [0.2, 0.25) is 5.02 Å². The second kappa shape index (κ2) is 11.7. The van der Waals surface area contributed by atoms with Crippen molar-refractivity contribution in [3.8, 4) is 23.1 Å². The Kier molecular flexibility index (Phi) is 8.93. The fraction of sp³-hybridized carbons (Fsp3) is 0.240. The molecule has 0 saturated carbocycles. The van der Waals surface area contributed by atoms with E-state index in [0.29, 0.717) is 33.4 Å². The second-order valence-electron chi connectivity index (χ2n) is 8.16. The summed E-state index contributed by atoms with van der Waals surface area (Å²) in [5, 5.41) is 9.98. The smallest absolute Gasteiger partial charge is 0.294 e. The van der Waals surface area contributed by atoms with Crippen molar-refractivity contribution >= 4 is 51.5 Å². The van der Waals surface area contributed by atoms with E-state index in [0.717, 1.165) is 28.6 Å². The Labute approximate surface area is 221 Å². The van der Waals surface area contributed by atoms with Gasteiger partial charge in [0, 0.05) is 11.0 Å². The predicted molar refractivity (Wildman–Crippen MR) is 141 cm³/mol. The van der Waals surface area contributed by atoms with Gasteiger partial charge in [-0.2, -0.15) is 10.2 Å². The standard InChI is InChI=1S/C24H20Cl2N4O2.CH4O2S/c1-24(2,17-11-15(13-27)21(18(26)12-17)31-10-9-25)16-5-3-14(4-6-16)19-7-8-20-22(29-19)32-23(28)30-20;1-4(2)3/h3-8,11-12H,9-10H2,1-2H3,(H2,28,30);1H3,(H,2,3)/p-1. The number of fused-ring (bicyclic) bond motifs is 1. The molecule has 0 aliphatic rings. The van der Waals surface area contributed by atoms with Crippen LogP contribution in [-0.4, -0.2) is 37.5 Å². The van der Waals surface area contributed by atoms with Crippen molar-refractivity contribution in [2.24, 2.45) is 0 Å². The van der Waals surface area contributed by atoms with E-state index in [1.807, 2.05) is 48.5 Å². The van der Waals surface area contributed by atoms with Gasteiger partial charge in [-0.3, -0.25) is 4.21 Å². The molecular weight excluding hydrogens is 523 g/mol. The van der Waals surface area contributed by atoms with Crippen LogP contribution in [-0.2, 0) is 16.5 Å². The number of hydrogen-bond donors (Lipinski definition) is 1. The van der Waals surface area contributed by atoms with Gasteiger partial charge < -0.3 is 19.4 Å². The van der Waals surface area contributed by atoms with E-state index in [-0.39, 0.29) is 12.6 Å². The summed E-state index contributed by atoms with van der Waals surface area (Å²) < 4.78 is 28.9. The van der Waals surface area contributed by atoms with Crippen LogP contribution in [0.3, 0.4) is 0 Å². The summed E-state index contributed by atoms with van der Waals surface area (Å²) in [6.07, 6.45) is 1.08. The van der Waals surface area contributed by atoms with Crippen LogP contribution in [0.15, 0.2) is 52.9 Å². The molecule has 0 spiro atoms. The van der Waals surface area contributed by atoms with Crippen molar-refractivity contribution in [1.82, 2.24) is 9.97 Å². The number of aromatic nitrogens is 2. The highest BCUT2D eigenvalue weighted by Crippen LogP contribution is 2.38. The lowest BCUT2D eigenvalue weighted by molar-refractivity contribution is 0.341. The number of anilines is 1. The summed E-state index contributed by atoms with van der Waals surface area (Å²) in [6.45, 7) is 4.44. The molecule has 2 aromatic heterocycles. The zero-order chi connectivity index (χ0) is 26.5. The Morgan fingerprint density at radius 2 is 1.83 bits per heavy atom. The molecule has 36 heavy (non-hydrogen) atoms. The Morgan fingerprint density at radius 3 is 2.44 bits per heavy atom. The summed E-state index contributed by atoms with van der Waals surface area (Å²) >= 11 is 10.3. The third-order valence-corrected chi connectivity index (χ3v) is 5.82. The Bertz CT molecular complexity index is 1430. The molecule has 0 amide bonds. The third-order valence-electron chi connectivity index (χ3n) is 5.38. The minimum Gasteiger partial charge on any atom is -0.773 e. The fourth-order valence-electron chi connectivity index (χ4n) is 3.54. The number of halogens is 2. The van der Waals surface area contributed by atoms with Gasteiger partial charge >= 0.3 is 0 Å². The molecule has 2 aromatic carbocycles. The number of nitriles is 1. The van der Waals surface area contributed by atoms with Crippen LogP contribution < -0.4 is 10.5 Å². The van der Waals surface area contributed by atoms with Crippen molar-refractivity contribution in [2.45, 2.75) is 19.3 Å². The van der Waals surface area contributed by atoms with Crippen LogP contribution in [0.1, 0.15) is 30.5 Å². The highest BCUT2D eigenvalue weighted by Gasteiger charge is 2.26. The third kappa shape index (κ3) is 6.33. The van der Waals surface area contributed by atoms with E-state index in [1.165, 1.54) is 0 Å². The first kappa shape index (κ1) is 27.4. The number of hydrogen-bond acceptors (Lipinski definition) is 8. The average Bonchev–Trinajstić information content (AvgIpc) is 3.21. The molecule has 4 aromatic rings. The molecule has 2 N–H and O–H groups in total. The number of nitrogens with two attached hydrogens (primary N) is 1. The van der Waals surface area contributed by atoms with Gasteiger partial charge in [-0.1, -0.05) is 60.8 Å². The van der Waals surface area contributed by atoms with Crippen LogP contribution in [0.5, 0.6) is 5.75 Å². The lowest BCUT2D eigenvalue weighted by atomic mass is 9.77. The van der Waals surface area contributed by atoms with Crippen LogP contribution in [0, 0.1) is 11.3 Å². The quantitative estimate of drug-likeness (QED) is 0.249. The SMILES string of the molecule is CC(C)(c1ccc(-c2ccc3nc(N)oc3n2)cc1)c1cc(Cl)c(OCCCl)c(C#N)c1.CS(=O)[O-]. The van der Waals surface area contributed by atoms with Gasteiger partial charge in [0.15, 0.2) is 5.75 Å². The summed E-state index contributed by atoms with van der Waals surface area (Å²) in [6, 6.07) is 17.7. The number of rotatable bonds is 6. The molecule has 8 nitrogen and oxygen atoms in total. The highest BCUT2D eigenvalue weighted by atomic mass is 35.5. The first-order valence-electron chi connectivity index (χ1n) is 10.6. The van der Waals surface area contributed by atoms with Crippen LogP contribution in [0.4, 0.5) is 6.01 Å². The lowest BCUT2D eigenvalue weighted by Gasteiger charge is -2.27. The van der Waals surface area contributed by atoms with Gasteiger partial charge in [-0.05, 0) is 41.6 Å². The minimum absolute atomic E-state index is 0.0937. The molecule has 1 unspecified atom stereocenters. The van der Waals surface area contributed by atoms with Crippen LogP contribution in [0.25, 0.3) is 22.5 Å². The largest absolute Gasteiger partial charge is 0.773 e. The second-order valence-corrected chi connectivity index (χ2v) is 9.75. The van der Waals surface area contributed by atoms with E-state index < -0.39 is 16.5 Å². The number of pyridine rings is 1. The van der Waals surface area contributed by atoms with E-state index >= 15 is 0 Å². The molecule has 188 valence electrons. The number of ether oxygens (including phenoxy) is 1. The molecule has 0 aliphatic heterocycles. The first-order valence-corrected chi connectivity index (χ1v) is 13.0. The van der Waals surface area contributed by atoms with Gasteiger partial charge in [0.05, 0.1) is 22.2 Å². The predicted octanol–water partition coefficient (Wildman–Crippen LogP) is 5.44. The van der Waals surface area contributed by atoms with Crippen molar-refractivity contribution in [3.05, 3.63) is 70.2 Å². The molecule has 0 bridgehead atoms. The summed E-state index contributed by atoms with van der Waals surface area (Å²) in [4.78, 5) is 8.57. The Balaban J connectivity index is 0.000000840. The van der Waals surface area contributed by atoms with Crippen LogP contribution >= 0.6 is 23.2 Å². The van der Waals surface area contributed by atoms with Crippen molar-refractivity contribution in [2.75, 3.05) is 24.5 Å². The monoisotopic (exact) mass is 545 g/mol. The zero-order valence-corrected chi connectivity index (χ0v) is 22.1. The maximum atomic E-state index is 9.59. The number of nitrogen functional groups attached to an aromatic ring is 1. The van der Waals surface area contributed by atoms with Gasteiger partial charge in [0.25, 0.3) is 6.01 Å². The normalized spacial score (nSPS) is 11.9. The number of nitrogens with zero attached hydrogens (tertiary/aromatic N) is 3. The van der Waals surface area contributed by atoms with Crippen molar-refractivity contribution < 1.29 is 17.9 Å². The molecule has 4 rings (SSSR count). The Hall–Kier alpha value is -3.16. The topological polar surface area (TPSA) is 138 Å². The summed E-state index contributed by atoms with van der Waals surface area (Å²) in [5.74, 6) is 0.672. The molecule has 0 saturated heterocycles. The average molecular weight is 546 g/mol. The maximum Gasteiger partial charge on any atom is 0.294 e. The summed E-state index contributed by atoms with van der Waals surface area (Å²) in [5.41, 5.74) is 10.3. The van der Waals surface area contributed by atoms with Gasteiger partial charge in [0.1, 0.15) is 18.2 Å².